The molecule has 0 saturated heterocycles. The van der Waals surface area contributed by atoms with Gasteiger partial charge in [-0.2, -0.15) is 0 Å². The van der Waals surface area contributed by atoms with Crippen LogP contribution in [0.4, 0.5) is 0 Å². The summed E-state index contributed by atoms with van der Waals surface area (Å²) in [5.74, 6) is -0.246. The summed E-state index contributed by atoms with van der Waals surface area (Å²) in [5, 5.41) is 0. The maximum atomic E-state index is 11.5. The molecule has 4 nitrogen and oxygen atoms in total. The van der Waals surface area contributed by atoms with Gasteiger partial charge in [0.25, 0.3) is 0 Å². The number of esters is 2. The van der Waals surface area contributed by atoms with Gasteiger partial charge in [-0.1, -0.05) is 46.8 Å². The third-order valence-electron chi connectivity index (χ3n) is 3.90. The number of carbonyl (C=O) groups excluding carboxylic acids is 2. The van der Waals surface area contributed by atoms with Crippen molar-refractivity contribution in [1.82, 2.24) is 0 Å². The molecule has 0 saturated carbocycles. The average Bonchev–Trinajstić information content (AvgIpc) is 2.54. The van der Waals surface area contributed by atoms with Crippen LogP contribution in [0.25, 0.3) is 0 Å². The third kappa shape index (κ3) is 8.01. The molecule has 0 spiro atoms. The quantitative estimate of drug-likeness (QED) is 0.403. The monoisotopic (exact) mass is 310 g/mol. The third-order valence-corrected chi connectivity index (χ3v) is 3.90. The standard InChI is InChI=1S/C18H30O4/c1-6-11-16(22-18(20)10-5)15(8-3)12-14(7-2)13-21-17(19)9-4/h9-10,14-16H,4-8,11-13H2,1-3H3. The Morgan fingerprint density at radius 2 is 1.68 bits per heavy atom. The van der Waals surface area contributed by atoms with Crippen LogP contribution in [0.15, 0.2) is 25.3 Å². The van der Waals surface area contributed by atoms with E-state index in [0.717, 1.165) is 32.1 Å². The minimum atomic E-state index is -0.394. The maximum Gasteiger partial charge on any atom is 0.330 e. The summed E-state index contributed by atoms with van der Waals surface area (Å²) < 4.78 is 10.7. The molecule has 0 rings (SSSR count). The molecular formula is C18H30O4. The SMILES string of the molecule is C=CC(=O)OCC(CC)CC(CC)C(CCC)OC(=O)C=C. The number of hydrogen-bond donors (Lipinski definition) is 0. The predicted molar refractivity (Wildman–Crippen MR) is 88.3 cm³/mol. The van der Waals surface area contributed by atoms with Crippen LogP contribution in [0, 0.1) is 11.8 Å². The van der Waals surface area contributed by atoms with E-state index in [1.54, 1.807) is 0 Å². The van der Waals surface area contributed by atoms with Gasteiger partial charge in [0.05, 0.1) is 6.61 Å². The first-order valence-electron chi connectivity index (χ1n) is 8.14. The minimum Gasteiger partial charge on any atom is -0.462 e. The van der Waals surface area contributed by atoms with Crippen LogP contribution in [0.3, 0.4) is 0 Å². The van der Waals surface area contributed by atoms with Crippen molar-refractivity contribution < 1.29 is 19.1 Å². The molecule has 0 aromatic carbocycles. The molecule has 0 aliphatic rings. The van der Waals surface area contributed by atoms with Crippen molar-refractivity contribution in [2.45, 2.75) is 59.0 Å². The summed E-state index contributed by atoms with van der Waals surface area (Å²) in [6, 6.07) is 0. The Morgan fingerprint density at radius 1 is 1.05 bits per heavy atom. The molecule has 0 aliphatic heterocycles. The Morgan fingerprint density at radius 3 is 2.14 bits per heavy atom. The minimum absolute atomic E-state index is 0.107. The first-order chi connectivity index (χ1) is 10.5. The topological polar surface area (TPSA) is 52.6 Å². The predicted octanol–water partition coefficient (Wildman–Crippen LogP) is 4.06. The van der Waals surface area contributed by atoms with E-state index in [1.165, 1.54) is 12.2 Å². The lowest BCUT2D eigenvalue weighted by Gasteiger charge is -2.28. The molecule has 0 aromatic heterocycles. The Kier molecular flexibility index (Phi) is 11.2. The van der Waals surface area contributed by atoms with E-state index >= 15 is 0 Å². The summed E-state index contributed by atoms with van der Waals surface area (Å²) in [6.45, 7) is 13.5. The van der Waals surface area contributed by atoms with E-state index in [-0.39, 0.29) is 23.9 Å². The largest absolute Gasteiger partial charge is 0.462 e. The highest BCUT2D eigenvalue weighted by molar-refractivity contribution is 5.81. The van der Waals surface area contributed by atoms with Crippen LogP contribution in [-0.2, 0) is 19.1 Å². The van der Waals surface area contributed by atoms with Crippen LogP contribution >= 0.6 is 0 Å². The molecular weight excluding hydrogens is 280 g/mol. The fourth-order valence-corrected chi connectivity index (χ4v) is 2.49. The van der Waals surface area contributed by atoms with Gasteiger partial charge in [-0.25, -0.2) is 9.59 Å². The number of rotatable bonds is 12. The van der Waals surface area contributed by atoms with Gasteiger partial charge in [0, 0.05) is 12.2 Å². The number of carbonyl (C=O) groups is 2. The van der Waals surface area contributed by atoms with Gasteiger partial charge in [0.15, 0.2) is 0 Å². The van der Waals surface area contributed by atoms with E-state index < -0.39 is 5.97 Å². The zero-order chi connectivity index (χ0) is 17.0. The van der Waals surface area contributed by atoms with Crippen molar-refractivity contribution >= 4 is 11.9 Å². The molecule has 0 bridgehead atoms. The lowest BCUT2D eigenvalue weighted by molar-refractivity contribution is -0.146. The van der Waals surface area contributed by atoms with Crippen LogP contribution in [0.2, 0.25) is 0 Å². The molecule has 0 amide bonds. The maximum absolute atomic E-state index is 11.5. The van der Waals surface area contributed by atoms with Crippen molar-refractivity contribution in [2.75, 3.05) is 6.61 Å². The van der Waals surface area contributed by atoms with Crippen molar-refractivity contribution in [3.8, 4) is 0 Å². The highest BCUT2D eigenvalue weighted by Crippen LogP contribution is 2.26. The van der Waals surface area contributed by atoms with Gasteiger partial charge in [0.2, 0.25) is 0 Å². The van der Waals surface area contributed by atoms with Gasteiger partial charge < -0.3 is 9.47 Å². The zero-order valence-corrected chi connectivity index (χ0v) is 14.2. The van der Waals surface area contributed by atoms with E-state index in [1.807, 2.05) is 0 Å². The van der Waals surface area contributed by atoms with Gasteiger partial charge in [-0.3, -0.25) is 0 Å². The molecule has 126 valence electrons. The second-order valence-corrected chi connectivity index (χ2v) is 5.48. The Balaban J connectivity index is 4.71. The van der Waals surface area contributed by atoms with Crippen molar-refractivity contribution in [2.24, 2.45) is 11.8 Å². The summed E-state index contributed by atoms with van der Waals surface area (Å²) in [6.07, 6.45) is 6.76. The van der Waals surface area contributed by atoms with Crippen LogP contribution < -0.4 is 0 Å². The van der Waals surface area contributed by atoms with Crippen LogP contribution in [0.5, 0.6) is 0 Å². The van der Waals surface area contributed by atoms with Gasteiger partial charge >= 0.3 is 11.9 Å². The molecule has 3 atom stereocenters. The Bertz CT molecular complexity index is 362. The molecule has 3 unspecified atom stereocenters. The highest BCUT2D eigenvalue weighted by Gasteiger charge is 2.25. The fraction of sp³-hybridized carbons (Fsp3) is 0.667. The molecule has 22 heavy (non-hydrogen) atoms. The second kappa shape index (κ2) is 12.0. The van der Waals surface area contributed by atoms with E-state index in [9.17, 15) is 9.59 Å². The highest BCUT2D eigenvalue weighted by atomic mass is 16.5. The van der Waals surface area contributed by atoms with E-state index in [0.29, 0.717) is 6.61 Å². The van der Waals surface area contributed by atoms with Gasteiger partial charge in [-0.05, 0) is 31.1 Å². The molecule has 0 N–H and O–H groups in total. The summed E-state index contributed by atoms with van der Waals surface area (Å²) in [4.78, 5) is 22.7. The Labute approximate surface area is 134 Å². The first kappa shape index (κ1) is 20.4. The summed E-state index contributed by atoms with van der Waals surface area (Å²) in [5.41, 5.74) is 0. The van der Waals surface area contributed by atoms with Gasteiger partial charge in [-0.15, -0.1) is 0 Å². The van der Waals surface area contributed by atoms with Crippen molar-refractivity contribution in [1.29, 1.82) is 0 Å². The summed E-state index contributed by atoms with van der Waals surface area (Å²) in [7, 11) is 0. The smallest absolute Gasteiger partial charge is 0.330 e. The average molecular weight is 310 g/mol. The Hall–Kier alpha value is -1.58. The number of ether oxygens (including phenoxy) is 2. The van der Waals surface area contributed by atoms with E-state index in [2.05, 4.69) is 33.9 Å². The van der Waals surface area contributed by atoms with Gasteiger partial charge in [0.1, 0.15) is 6.10 Å². The fourth-order valence-electron chi connectivity index (χ4n) is 2.49. The van der Waals surface area contributed by atoms with Crippen molar-refractivity contribution in [3.63, 3.8) is 0 Å². The molecule has 0 fully saturated rings. The molecule has 0 aliphatic carbocycles. The van der Waals surface area contributed by atoms with Crippen molar-refractivity contribution in [3.05, 3.63) is 25.3 Å². The molecule has 0 aromatic rings. The lowest BCUT2D eigenvalue weighted by atomic mass is 9.85. The lowest BCUT2D eigenvalue weighted by Crippen LogP contribution is -2.29. The van der Waals surface area contributed by atoms with E-state index in [4.69, 9.17) is 9.47 Å². The zero-order valence-electron chi connectivity index (χ0n) is 14.2. The molecule has 4 heteroatoms. The van der Waals surface area contributed by atoms with Crippen LogP contribution in [0.1, 0.15) is 52.9 Å². The normalized spacial score (nSPS) is 14.5. The molecule has 0 radical (unpaired) electrons. The second-order valence-electron chi connectivity index (χ2n) is 5.48. The van der Waals surface area contributed by atoms with Crippen LogP contribution in [-0.4, -0.2) is 24.6 Å². The molecule has 0 heterocycles. The number of hydrogen-bond acceptors (Lipinski definition) is 4. The first-order valence-corrected chi connectivity index (χ1v) is 8.14. The summed E-state index contributed by atoms with van der Waals surface area (Å²) >= 11 is 0.